The zero-order valence-corrected chi connectivity index (χ0v) is 17.7. The van der Waals surface area contributed by atoms with Crippen molar-refractivity contribution in [3.63, 3.8) is 0 Å². The molecule has 0 aliphatic heterocycles. The van der Waals surface area contributed by atoms with Crippen molar-refractivity contribution in [2.24, 2.45) is 17.3 Å². The highest BCUT2D eigenvalue weighted by atomic mass is 32.1. The number of amides is 1. The zero-order chi connectivity index (χ0) is 19.2. The third-order valence-electron chi connectivity index (χ3n) is 7.48. The summed E-state index contributed by atoms with van der Waals surface area (Å²) in [6.45, 7) is 7.98. The van der Waals surface area contributed by atoms with Gasteiger partial charge in [0.05, 0.1) is 5.41 Å². The van der Waals surface area contributed by atoms with Crippen molar-refractivity contribution in [3.05, 3.63) is 35.4 Å². The number of aryl methyl sites for hydroxylation is 1. The Morgan fingerprint density at radius 2 is 1.70 bits per heavy atom. The Morgan fingerprint density at radius 3 is 2.26 bits per heavy atom. The predicted octanol–water partition coefficient (Wildman–Crippen LogP) is 4.58. The molecule has 4 fully saturated rings. The molecule has 5 rings (SSSR count). The smallest absolute Gasteiger partial charge is 0.232 e. The first kappa shape index (κ1) is 18.9. The number of rotatable bonds is 4. The fourth-order valence-electron chi connectivity index (χ4n) is 6.59. The zero-order valence-electron chi connectivity index (χ0n) is 16.9. The Labute approximate surface area is 168 Å². The van der Waals surface area contributed by atoms with Crippen LogP contribution in [0.3, 0.4) is 0 Å². The van der Waals surface area contributed by atoms with Crippen LogP contribution in [0, 0.1) is 24.2 Å². The van der Waals surface area contributed by atoms with E-state index < -0.39 is 0 Å². The molecule has 2 atom stereocenters. The molecular weight excluding hydrogens is 352 g/mol. The van der Waals surface area contributed by atoms with Gasteiger partial charge in [0.25, 0.3) is 0 Å². The van der Waals surface area contributed by atoms with Crippen LogP contribution >= 0.6 is 12.2 Å². The van der Waals surface area contributed by atoms with E-state index in [-0.39, 0.29) is 16.7 Å². The third-order valence-corrected chi connectivity index (χ3v) is 7.84. The van der Waals surface area contributed by atoms with Crippen molar-refractivity contribution in [2.75, 3.05) is 13.1 Å². The topological polar surface area (TPSA) is 32.3 Å². The minimum atomic E-state index is -0.230. The van der Waals surface area contributed by atoms with Gasteiger partial charge in [-0.15, -0.1) is 0 Å². The number of carbonyl (C=O) groups is 1. The average molecular weight is 385 g/mol. The van der Waals surface area contributed by atoms with Crippen molar-refractivity contribution >= 4 is 23.2 Å². The molecular formula is C23H32N2OS. The number of benzene rings is 1. The molecule has 1 amide bonds. The molecule has 0 saturated heterocycles. The molecule has 1 aromatic rings. The first-order valence-corrected chi connectivity index (χ1v) is 11.0. The summed E-state index contributed by atoms with van der Waals surface area (Å²) in [5.41, 5.74) is 2.71. The van der Waals surface area contributed by atoms with Crippen molar-refractivity contribution in [3.8, 4) is 0 Å². The van der Waals surface area contributed by atoms with Gasteiger partial charge in [-0.05, 0) is 94.3 Å². The Bertz CT molecular complexity index is 723. The van der Waals surface area contributed by atoms with Gasteiger partial charge < -0.3 is 10.2 Å². The molecule has 2 unspecified atom stereocenters. The predicted molar refractivity (Wildman–Crippen MR) is 114 cm³/mol. The molecule has 4 saturated carbocycles. The molecule has 4 aliphatic carbocycles. The van der Waals surface area contributed by atoms with Gasteiger partial charge in [0.1, 0.15) is 0 Å². The molecule has 27 heavy (non-hydrogen) atoms. The lowest BCUT2D eigenvalue weighted by atomic mass is 9.42. The van der Waals surface area contributed by atoms with Crippen molar-refractivity contribution < 1.29 is 4.79 Å². The molecule has 1 N–H and O–H groups in total. The molecule has 0 radical (unpaired) electrons. The second-order valence-electron chi connectivity index (χ2n) is 9.32. The third kappa shape index (κ3) is 3.20. The standard InChI is InChI=1S/C23H32N2OS/c1-4-25(5-2)21(27)24-20(26)23-13-17-10-18(14-23)12-22(11-17,15-23)19-8-6-16(3)7-9-19/h6-9,17-18H,4-5,10-15H2,1-3H3,(H,24,26,27). The maximum absolute atomic E-state index is 13.4. The molecule has 0 heterocycles. The molecule has 3 nitrogen and oxygen atoms in total. The van der Waals surface area contributed by atoms with Crippen molar-refractivity contribution in [1.29, 1.82) is 0 Å². The van der Waals surface area contributed by atoms with Crippen LogP contribution in [0.4, 0.5) is 0 Å². The summed E-state index contributed by atoms with van der Waals surface area (Å²) in [4.78, 5) is 15.5. The number of hydrogen-bond donors (Lipinski definition) is 1. The van der Waals surface area contributed by atoms with Crippen LogP contribution in [0.1, 0.15) is 63.5 Å². The van der Waals surface area contributed by atoms with Crippen molar-refractivity contribution in [2.45, 2.75) is 64.7 Å². The van der Waals surface area contributed by atoms with Crippen LogP contribution in [0.15, 0.2) is 24.3 Å². The van der Waals surface area contributed by atoms with Gasteiger partial charge in [0, 0.05) is 13.1 Å². The van der Waals surface area contributed by atoms with E-state index in [2.05, 4.69) is 55.3 Å². The molecule has 4 bridgehead atoms. The van der Waals surface area contributed by atoms with Gasteiger partial charge in [0.15, 0.2) is 5.11 Å². The fraction of sp³-hybridized carbons (Fsp3) is 0.652. The number of nitrogens with zero attached hydrogens (tertiary/aromatic N) is 1. The van der Waals surface area contributed by atoms with E-state index in [9.17, 15) is 4.79 Å². The average Bonchev–Trinajstić information content (AvgIpc) is 2.62. The summed E-state index contributed by atoms with van der Waals surface area (Å²) in [5.74, 6) is 1.55. The van der Waals surface area contributed by atoms with Gasteiger partial charge in [-0.25, -0.2) is 0 Å². The quantitative estimate of drug-likeness (QED) is 0.772. The van der Waals surface area contributed by atoms with Gasteiger partial charge in [0.2, 0.25) is 5.91 Å². The van der Waals surface area contributed by atoms with E-state index in [1.165, 1.54) is 30.4 Å². The summed E-state index contributed by atoms with van der Waals surface area (Å²) in [6.07, 6.45) is 6.89. The van der Waals surface area contributed by atoms with E-state index in [1.807, 2.05) is 0 Å². The Morgan fingerprint density at radius 1 is 1.11 bits per heavy atom. The van der Waals surface area contributed by atoms with E-state index in [4.69, 9.17) is 12.2 Å². The van der Waals surface area contributed by atoms with Crippen LogP contribution in [0.2, 0.25) is 0 Å². The monoisotopic (exact) mass is 384 g/mol. The van der Waals surface area contributed by atoms with Crippen molar-refractivity contribution in [1.82, 2.24) is 10.2 Å². The van der Waals surface area contributed by atoms with Crippen LogP contribution in [-0.4, -0.2) is 29.0 Å². The van der Waals surface area contributed by atoms with Gasteiger partial charge in [-0.1, -0.05) is 29.8 Å². The normalized spacial score (nSPS) is 33.7. The van der Waals surface area contributed by atoms with E-state index in [0.29, 0.717) is 16.9 Å². The van der Waals surface area contributed by atoms with E-state index in [1.54, 1.807) is 0 Å². The van der Waals surface area contributed by atoms with Crippen LogP contribution in [-0.2, 0) is 10.2 Å². The van der Waals surface area contributed by atoms with E-state index >= 15 is 0 Å². The maximum Gasteiger partial charge on any atom is 0.232 e. The van der Waals surface area contributed by atoms with E-state index in [0.717, 1.165) is 32.4 Å². The highest BCUT2D eigenvalue weighted by Gasteiger charge is 2.61. The highest BCUT2D eigenvalue weighted by Crippen LogP contribution is 2.65. The van der Waals surface area contributed by atoms with Gasteiger partial charge in [-0.2, -0.15) is 0 Å². The summed E-state index contributed by atoms with van der Waals surface area (Å²) in [7, 11) is 0. The summed E-state index contributed by atoms with van der Waals surface area (Å²) in [5, 5.41) is 3.74. The Kier molecular flexibility index (Phi) is 4.82. The molecule has 4 heteroatoms. The number of thiocarbonyl (C=S) groups is 1. The molecule has 146 valence electrons. The van der Waals surface area contributed by atoms with Crippen LogP contribution < -0.4 is 5.32 Å². The van der Waals surface area contributed by atoms with Crippen LogP contribution in [0.25, 0.3) is 0 Å². The van der Waals surface area contributed by atoms with Gasteiger partial charge in [-0.3, -0.25) is 4.79 Å². The summed E-state index contributed by atoms with van der Waals surface area (Å²) < 4.78 is 0. The Hall–Kier alpha value is -1.42. The first-order valence-electron chi connectivity index (χ1n) is 10.6. The minimum absolute atomic E-state index is 0.185. The Balaban J connectivity index is 1.61. The lowest BCUT2D eigenvalue weighted by Gasteiger charge is -2.61. The molecule has 0 spiro atoms. The molecule has 4 aliphatic rings. The SMILES string of the molecule is CCN(CC)C(=S)NC(=O)C12CC3CC(C1)CC(c1ccc(C)cc1)(C3)C2. The first-order chi connectivity index (χ1) is 12.9. The van der Waals surface area contributed by atoms with Crippen LogP contribution in [0.5, 0.6) is 0 Å². The summed E-state index contributed by atoms with van der Waals surface area (Å²) in [6, 6.07) is 9.09. The second-order valence-corrected chi connectivity index (χ2v) is 9.71. The molecule has 0 aromatic heterocycles. The highest BCUT2D eigenvalue weighted by molar-refractivity contribution is 7.80. The number of nitrogens with one attached hydrogen (secondary N) is 1. The summed E-state index contributed by atoms with van der Waals surface area (Å²) >= 11 is 5.53. The number of carbonyl (C=O) groups excluding carboxylic acids is 1. The largest absolute Gasteiger partial charge is 0.350 e. The number of hydrogen-bond acceptors (Lipinski definition) is 2. The molecule has 1 aromatic carbocycles. The van der Waals surface area contributed by atoms with Gasteiger partial charge >= 0.3 is 0 Å². The fourth-order valence-corrected chi connectivity index (χ4v) is 6.94. The second kappa shape index (κ2) is 6.88. The lowest BCUT2D eigenvalue weighted by Crippen LogP contribution is -2.60. The maximum atomic E-state index is 13.4. The minimum Gasteiger partial charge on any atom is -0.350 e. The lowest BCUT2D eigenvalue weighted by molar-refractivity contribution is -0.147.